The summed E-state index contributed by atoms with van der Waals surface area (Å²) in [7, 11) is -1.26. The molecule has 0 saturated heterocycles. The second-order valence-electron chi connectivity index (χ2n) is 7.18. The minimum absolute atomic E-state index is 0.151. The molecular formula is C18H21ClN4O4S. The Bertz CT molecular complexity index is 1030. The van der Waals surface area contributed by atoms with Crippen LogP contribution in [0.15, 0.2) is 10.6 Å². The number of oxazole rings is 1. The van der Waals surface area contributed by atoms with Crippen LogP contribution in [0.4, 0.5) is 11.7 Å². The van der Waals surface area contributed by atoms with Crippen LogP contribution in [-0.2, 0) is 35.9 Å². The number of rotatable bonds is 5. The van der Waals surface area contributed by atoms with Crippen molar-refractivity contribution in [3.05, 3.63) is 39.2 Å². The maximum atomic E-state index is 12.2. The van der Waals surface area contributed by atoms with Crippen LogP contribution in [0.3, 0.4) is 0 Å². The van der Waals surface area contributed by atoms with Crippen molar-refractivity contribution in [3.8, 4) is 0 Å². The van der Waals surface area contributed by atoms with Crippen molar-refractivity contribution in [2.45, 2.75) is 38.5 Å². The van der Waals surface area contributed by atoms with Gasteiger partial charge in [-0.2, -0.15) is 12.7 Å². The molecule has 8 nitrogen and oxygen atoms in total. The Morgan fingerprint density at radius 3 is 2.25 bits per heavy atom. The highest BCUT2D eigenvalue weighted by molar-refractivity contribution is 7.87. The van der Waals surface area contributed by atoms with Crippen LogP contribution in [0.1, 0.15) is 45.7 Å². The van der Waals surface area contributed by atoms with Crippen molar-refractivity contribution in [1.82, 2.24) is 14.0 Å². The molecule has 2 aliphatic carbocycles. The molecule has 28 heavy (non-hydrogen) atoms. The molecule has 0 spiro atoms. The molecule has 1 aromatic carbocycles. The molecule has 4 rings (SSSR count). The lowest BCUT2D eigenvalue weighted by Crippen LogP contribution is -2.39. The van der Waals surface area contributed by atoms with Gasteiger partial charge in [-0.3, -0.25) is 4.79 Å². The molecule has 0 atom stereocenters. The predicted molar refractivity (Wildman–Crippen MR) is 105 cm³/mol. The Balaban J connectivity index is 1.62. The Labute approximate surface area is 168 Å². The highest BCUT2D eigenvalue weighted by Gasteiger charge is 2.29. The Kier molecular flexibility index (Phi) is 4.84. The maximum absolute atomic E-state index is 12.2. The molecule has 0 unspecified atom stereocenters. The molecular weight excluding hydrogens is 404 g/mol. The van der Waals surface area contributed by atoms with Crippen LogP contribution in [0.25, 0.3) is 0 Å². The smallest absolute Gasteiger partial charge is 0.303 e. The average Bonchev–Trinajstić information content (AvgIpc) is 3.37. The second kappa shape index (κ2) is 7.06. The van der Waals surface area contributed by atoms with E-state index < -0.39 is 16.1 Å². The first-order valence-corrected chi connectivity index (χ1v) is 10.9. The predicted octanol–water partition coefficient (Wildman–Crippen LogP) is 2.59. The number of anilines is 2. The van der Waals surface area contributed by atoms with Gasteiger partial charge in [-0.15, -0.1) is 0 Å². The third-order valence-electron chi connectivity index (χ3n) is 5.23. The van der Waals surface area contributed by atoms with Crippen LogP contribution in [0, 0.1) is 0 Å². The number of nitrogens with one attached hydrogen (secondary N) is 2. The molecule has 2 N–H and O–H groups in total. The molecule has 1 aromatic heterocycles. The topological polar surface area (TPSA) is 105 Å². The SMILES string of the molecule is CN(C)S(=O)(=O)NC(=O)c1cnc(Nc2c3c(c(Cl)c4c2CCC4)CCC3)o1. The Hall–Kier alpha value is -2.10. The quantitative estimate of drug-likeness (QED) is 0.764. The third-order valence-corrected chi connectivity index (χ3v) is 7.09. The molecule has 2 aliphatic rings. The number of benzene rings is 1. The molecule has 0 aliphatic heterocycles. The summed E-state index contributed by atoms with van der Waals surface area (Å²) in [5.41, 5.74) is 5.71. The monoisotopic (exact) mass is 424 g/mol. The summed E-state index contributed by atoms with van der Waals surface area (Å²) in [4.78, 5) is 16.3. The van der Waals surface area contributed by atoms with E-state index in [0.717, 1.165) is 53.5 Å². The van der Waals surface area contributed by atoms with Crippen molar-refractivity contribution in [2.75, 3.05) is 19.4 Å². The van der Waals surface area contributed by atoms with E-state index in [0.29, 0.717) is 0 Å². The number of fused-ring (bicyclic) bond motifs is 2. The zero-order valence-corrected chi connectivity index (χ0v) is 17.2. The fourth-order valence-electron chi connectivity index (χ4n) is 3.84. The van der Waals surface area contributed by atoms with E-state index in [9.17, 15) is 13.2 Å². The number of hydrogen-bond acceptors (Lipinski definition) is 6. The molecule has 0 fully saturated rings. The van der Waals surface area contributed by atoms with E-state index in [2.05, 4.69) is 10.3 Å². The van der Waals surface area contributed by atoms with Gasteiger partial charge in [0.2, 0.25) is 5.76 Å². The fraction of sp³-hybridized carbons (Fsp3) is 0.444. The number of carbonyl (C=O) groups is 1. The van der Waals surface area contributed by atoms with Gasteiger partial charge in [-0.05, 0) is 60.8 Å². The van der Waals surface area contributed by atoms with E-state index in [1.54, 1.807) is 0 Å². The third kappa shape index (κ3) is 3.27. The van der Waals surface area contributed by atoms with Crippen molar-refractivity contribution in [1.29, 1.82) is 0 Å². The molecule has 0 radical (unpaired) electrons. The standard InChI is InChI=1S/C18H21ClN4O4S/c1-23(2)28(25,26)22-17(24)14-9-20-18(27-14)21-16-12-7-3-5-10(12)15(19)11-6-4-8-13(11)16/h9H,3-8H2,1-2H3,(H,20,21)(H,22,24). The largest absolute Gasteiger partial charge is 0.418 e. The minimum atomic E-state index is -3.91. The molecule has 1 heterocycles. The van der Waals surface area contributed by atoms with Gasteiger partial charge in [0.25, 0.3) is 6.01 Å². The van der Waals surface area contributed by atoms with E-state index in [4.69, 9.17) is 16.0 Å². The summed E-state index contributed by atoms with van der Waals surface area (Å²) >= 11 is 6.63. The number of hydrogen-bond donors (Lipinski definition) is 2. The highest BCUT2D eigenvalue weighted by atomic mass is 35.5. The Morgan fingerprint density at radius 2 is 1.68 bits per heavy atom. The average molecular weight is 425 g/mol. The van der Waals surface area contributed by atoms with Gasteiger partial charge in [0, 0.05) is 24.8 Å². The van der Waals surface area contributed by atoms with Crippen LogP contribution in [0.5, 0.6) is 0 Å². The van der Waals surface area contributed by atoms with Crippen LogP contribution in [0.2, 0.25) is 5.02 Å². The lowest BCUT2D eigenvalue weighted by Gasteiger charge is -2.17. The van der Waals surface area contributed by atoms with E-state index in [1.165, 1.54) is 42.5 Å². The molecule has 2 aromatic rings. The summed E-state index contributed by atoms with van der Waals surface area (Å²) in [5.74, 6) is -1.06. The van der Waals surface area contributed by atoms with Crippen molar-refractivity contribution in [3.63, 3.8) is 0 Å². The van der Waals surface area contributed by atoms with Crippen LogP contribution >= 0.6 is 11.6 Å². The second-order valence-corrected chi connectivity index (χ2v) is 9.45. The van der Waals surface area contributed by atoms with Gasteiger partial charge in [-0.1, -0.05) is 11.6 Å². The first-order chi connectivity index (χ1) is 13.3. The molecule has 150 valence electrons. The lowest BCUT2D eigenvalue weighted by atomic mass is 9.98. The van der Waals surface area contributed by atoms with Crippen molar-refractivity contribution >= 4 is 39.4 Å². The molecule has 0 saturated carbocycles. The van der Waals surface area contributed by atoms with Crippen molar-refractivity contribution < 1.29 is 17.6 Å². The van der Waals surface area contributed by atoms with Crippen LogP contribution < -0.4 is 10.0 Å². The fourth-order valence-corrected chi connectivity index (χ4v) is 4.78. The number of amides is 1. The van der Waals surface area contributed by atoms with Crippen LogP contribution in [-0.4, -0.2) is 37.7 Å². The zero-order chi connectivity index (χ0) is 20.1. The van der Waals surface area contributed by atoms with Gasteiger partial charge in [-0.25, -0.2) is 9.71 Å². The van der Waals surface area contributed by atoms with Gasteiger partial charge >= 0.3 is 16.1 Å². The molecule has 0 bridgehead atoms. The van der Waals surface area contributed by atoms with Gasteiger partial charge in [0.1, 0.15) is 0 Å². The number of nitrogens with zero attached hydrogens (tertiary/aromatic N) is 2. The molecule has 1 amide bonds. The van der Waals surface area contributed by atoms with E-state index in [-0.39, 0.29) is 11.8 Å². The van der Waals surface area contributed by atoms with Crippen molar-refractivity contribution in [2.24, 2.45) is 0 Å². The number of aromatic nitrogens is 1. The summed E-state index contributed by atoms with van der Waals surface area (Å²) in [6.07, 6.45) is 7.08. The minimum Gasteiger partial charge on any atom is -0.418 e. The number of halogens is 1. The first-order valence-electron chi connectivity index (χ1n) is 9.10. The summed E-state index contributed by atoms with van der Waals surface area (Å²) in [5, 5.41) is 4.11. The number of carbonyl (C=O) groups excluding carboxylic acids is 1. The lowest BCUT2D eigenvalue weighted by molar-refractivity contribution is 0.0953. The zero-order valence-electron chi connectivity index (χ0n) is 15.6. The summed E-state index contributed by atoms with van der Waals surface area (Å²) in [6, 6.07) is 0.151. The van der Waals surface area contributed by atoms with Gasteiger partial charge in [0.05, 0.1) is 6.20 Å². The van der Waals surface area contributed by atoms with Gasteiger partial charge < -0.3 is 9.73 Å². The van der Waals surface area contributed by atoms with E-state index >= 15 is 0 Å². The molecule has 10 heteroatoms. The Morgan fingerprint density at radius 1 is 1.11 bits per heavy atom. The summed E-state index contributed by atoms with van der Waals surface area (Å²) in [6.45, 7) is 0. The van der Waals surface area contributed by atoms with E-state index in [1.807, 2.05) is 4.72 Å². The summed E-state index contributed by atoms with van der Waals surface area (Å²) < 4.78 is 31.9. The van der Waals surface area contributed by atoms with Gasteiger partial charge in [0.15, 0.2) is 0 Å². The first kappa shape index (κ1) is 19.2. The highest BCUT2D eigenvalue weighted by Crippen LogP contribution is 2.44. The maximum Gasteiger partial charge on any atom is 0.303 e. The normalized spacial score (nSPS) is 15.6.